The summed E-state index contributed by atoms with van der Waals surface area (Å²) in [6, 6.07) is -4.33. The van der Waals surface area contributed by atoms with E-state index in [1.807, 2.05) is 0 Å². The number of carboxylic acid groups (broad SMARTS) is 2. The number of carbonyl (C=O) groups is 5. The van der Waals surface area contributed by atoms with E-state index in [9.17, 15) is 24.0 Å². The first-order valence-electron chi connectivity index (χ1n) is 7.57. The van der Waals surface area contributed by atoms with Crippen molar-refractivity contribution in [3.05, 3.63) is 0 Å². The minimum absolute atomic E-state index is 0.195. The lowest BCUT2D eigenvalue weighted by atomic mass is 10.1. The van der Waals surface area contributed by atoms with Crippen LogP contribution >= 0.6 is 0 Å². The summed E-state index contributed by atoms with van der Waals surface area (Å²) in [5.41, 5.74) is 5.39. The second kappa shape index (κ2) is 10.2. The summed E-state index contributed by atoms with van der Waals surface area (Å²) in [5, 5.41) is 24.2. The van der Waals surface area contributed by atoms with Crippen molar-refractivity contribution < 1.29 is 34.2 Å². The predicted octanol–water partition coefficient (Wildman–Crippen LogP) is -2.22. The van der Waals surface area contributed by atoms with Crippen molar-refractivity contribution in [2.75, 3.05) is 0 Å². The molecule has 0 unspecified atom stereocenters. The SMILES string of the molecule is C[C@H](N)C(=O)N[C@@H](CCC(=O)O)C(=O)N[C@@H](C)C(=O)N[C@@H](C)C(=O)O. The minimum Gasteiger partial charge on any atom is -0.481 e. The van der Waals surface area contributed by atoms with Gasteiger partial charge >= 0.3 is 11.9 Å². The lowest BCUT2D eigenvalue weighted by Gasteiger charge is -2.22. The molecule has 142 valence electrons. The number of hydrogen-bond acceptors (Lipinski definition) is 6. The average molecular weight is 360 g/mol. The fourth-order valence-corrected chi connectivity index (χ4v) is 1.62. The van der Waals surface area contributed by atoms with Gasteiger partial charge in [-0.15, -0.1) is 0 Å². The summed E-state index contributed by atoms with van der Waals surface area (Å²) in [7, 11) is 0. The second-order valence-electron chi connectivity index (χ2n) is 5.58. The lowest BCUT2D eigenvalue weighted by Crippen LogP contribution is -2.55. The Kier molecular flexibility index (Phi) is 9.13. The van der Waals surface area contributed by atoms with Crippen LogP contribution in [0.25, 0.3) is 0 Å². The fraction of sp³-hybridized carbons (Fsp3) is 0.643. The molecule has 0 aliphatic carbocycles. The molecule has 0 fully saturated rings. The van der Waals surface area contributed by atoms with Gasteiger partial charge in [0.1, 0.15) is 18.1 Å². The Hall–Kier alpha value is -2.69. The number of carboxylic acids is 2. The molecule has 11 heteroatoms. The quantitative estimate of drug-likeness (QED) is 0.252. The standard InChI is InChI=1S/C14H24N4O7/c1-6(15)11(21)18-9(4-5-10(19)20)13(23)16-7(2)12(22)17-8(3)14(24)25/h6-9H,4-5,15H2,1-3H3,(H,16,23)(H,17,22)(H,18,21)(H,19,20)(H,24,25)/t6-,7-,8-,9-/m0/s1. The molecule has 0 aliphatic rings. The van der Waals surface area contributed by atoms with Crippen LogP contribution < -0.4 is 21.7 Å². The van der Waals surface area contributed by atoms with Crippen molar-refractivity contribution in [2.24, 2.45) is 5.73 Å². The summed E-state index contributed by atoms with van der Waals surface area (Å²) in [6.07, 6.45) is -0.576. The van der Waals surface area contributed by atoms with Gasteiger partial charge in [-0.2, -0.15) is 0 Å². The molecule has 4 atom stereocenters. The van der Waals surface area contributed by atoms with Crippen LogP contribution in [0, 0.1) is 0 Å². The molecule has 0 bridgehead atoms. The van der Waals surface area contributed by atoms with Gasteiger partial charge in [0.15, 0.2) is 0 Å². The summed E-state index contributed by atoms with van der Waals surface area (Å²) >= 11 is 0. The van der Waals surface area contributed by atoms with E-state index in [4.69, 9.17) is 15.9 Å². The van der Waals surface area contributed by atoms with Crippen molar-refractivity contribution in [1.29, 1.82) is 0 Å². The molecule has 0 radical (unpaired) electrons. The number of carbonyl (C=O) groups excluding carboxylic acids is 3. The maximum atomic E-state index is 12.2. The van der Waals surface area contributed by atoms with E-state index in [0.29, 0.717) is 0 Å². The third kappa shape index (κ3) is 8.65. The highest BCUT2D eigenvalue weighted by molar-refractivity contribution is 5.93. The Morgan fingerprint density at radius 1 is 0.840 bits per heavy atom. The molecule has 0 spiro atoms. The van der Waals surface area contributed by atoms with E-state index in [2.05, 4.69) is 16.0 Å². The van der Waals surface area contributed by atoms with E-state index in [1.165, 1.54) is 20.8 Å². The molecule has 7 N–H and O–H groups in total. The van der Waals surface area contributed by atoms with Gasteiger partial charge in [-0.25, -0.2) is 0 Å². The van der Waals surface area contributed by atoms with Crippen molar-refractivity contribution in [3.8, 4) is 0 Å². The zero-order valence-electron chi connectivity index (χ0n) is 14.2. The third-order valence-electron chi connectivity index (χ3n) is 3.17. The minimum atomic E-state index is -1.24. The van der Waals surface area contributed by atoms with Crippen LogP contribution in [0.2, 0.25) is 0 Å². The van der Waals surface area contributed by atoms with E-state index in [0.717, 1.165) is 0 Å². The van der Waals surface area contributed by atoms with Crippen molar-refractivity contribution in [3.63, 3.8) is 0 Å². The summed E-state index contributed by atoms with van der Waals surface area (Å²) in [4.78, 5) is 57.0. The Morgan fingerprint density at radius 2 is 1.36 bits per heavy atom. The number of rotatable bonds is 10. The smallest absolute Gasteiger partial charge is 0.325 e. The molecule has 25 heavy (non-hydrogen) atoms. The molecule has 0 rings (SSSR count). The summed E-state index contributed by atoms with van der Waals surface area (Å²) in [5.74, 6) is -4.56. The Labute approximate surface area is 144 Å². The van der Waals surface area contributed by atoms with Gasteiger partial charge in [0.2, 0.25) is 17.7 Å². The van der Waals surface area contributed by atoms with Crippen LogP contribution in [0.1, 0.15) is 33.6 Å². The maximum absolute atomic E-state index is 12.2. The van der Waals surface area contributed by atoms with Crippen LogP contribution in [0.3, 0.4) is 0 Å². The summed E-state index contributed by atoms with van der Waals surface area (Å²) in [6.45, 7) is 3.97. The molecule has 0 aromatic rings. The first-order valence-corrected chi connectivity index (χ1v) is 7.57. The number of aliphatic carboxylic acids is 2. The number of hydrogen-bond donors (Lipinski definition) is 6. The van der Waals surface area contributed by atoms with Gasteiger partial charge in [-0.1, -0.05) is 0 Å². The number of amides is 3. The molecule has 0 aromatic heterocycles. The molecular weight excluding hydrogens is 336 g/mol. The van der Waals surface area contributed by atoms with Gasteiger partial charge in [0, 0.05) is 6.42 Å². The highest BCUT2D eigenvalue weighted by Crippen LogP contribution is 2.00. The van der Waals surface area contributed by atoms with Crippen LogP contribution in [0.4, 0.5) is 0 Å². The zero-order chi connectivity index (χ0) is 19.7. The molecule has 3 amide bonds. The monoisotopic (exact) mass is 360 g/mol. The molecule has 0 aliphatic heterocycles. The van der Waals surface area contributed by atoms with Gasteiger partial charge in [-0.3, -0.25) is 24.0 Å². The molecule has 0 aromatic carbocycles. The van der Waals surface area contributed by atoms with Crippen LogP contribution in [-0.2, 0) is 24.0 Å². The largest absolute Gasteiger partial charge is 0.481 e. The molecule has 0 saturated carbocycles. The van der Waals surface area contributed by atoms with Gasteiger partial charge in [0.25, 0.3) is 0 Å². The molecule has 0 saturated heterocycles. The first kappa shape index (κ1) is 22.3. The van der Waals surface area contributed by atoms with Gasteiger partial charge < -0.3 is 31.9 Å². The highest BCUT2D eigenvalue weighted by atomic mass is 16.4. The van der Waals surface area contributed by atoms with Crippen LogP contribution in [0.15, 0.2) is 0 Å². The number of nitrogens with one attached hydrogen (secondary N) is 3. The van der Waals surface area contributed by atoms with E-state index in [1.54, 1.807) is 0 Å². The van der Waals surface area contributed by atoms with Crippen molar-refractivity contribution >= 4 is 29.7 Å². The zero-order valence-corrected chi connectivity index (χ0v) is 14.2. The third-order valence-corrected chi connectivity index (χ3v) is 3.17. The van der Waals surface area contributed by atoms with Gasteiger partial charge in [0.05, 0.1) is 6.04 Å². The Morgan fingerprint density at radius 3 is 1.80 bits per heavy atom. The van der Waals surface area contributed by atoms with Crippen LogP contribution in [-0.4, -0.2) is 64.0 Å². The topological polar surface area (TPSA) is 188 Å². The summed E-state index contributed by atoms with van der Waals surface area (Å²) < 4.78 is 0. The molecule has 0 heterocycles. The van der Waals surface area contributed by atoms with E-state index < -0.39 is 53.8 Å². The first-order chi connectivity index (χ1) is 11.5. The average Bonchev–Trinajstić information content (AvgIpc) is 2.50. The second-order valence-corrected chi connectivity index (χ2v) is 5.58. The van der Waals surface area contributed by atoms with E-state index >= 15 is 0 Å². The lowest BCUT2D eigenvalue weighted by molar-refractivity contribution is -0.141. The fourth-order valence-electron chi connectivity index (χ4n) is 1.62. The van der Waals surface area contributed by atoms with E-state index in [-0.39, 0.29) is 12.8 Å². The van der Waals surface area contributed by atoms with Crippen LogP contribution in [0.5, 0.6) is 0 Å². The van der Waals surface area contributed by atoms with Crippen molar-refractivity contribution in [2.45, 2.75) is 57.8 Å². The Balaban J connectivity index is 4.87. The highest BCUT2D eigenvalue weighted by Gasteiger charge is 2.26. The normalized spacial score (nSPS) is 15.2. The van der Waals surface area contributed by atoms with Gasteiger partial charge in [-0.05, 0) is 27.2 Å². The Bertz CT molecular complexity index is 535. The number of nitrogens with two attached hydrogens (primary N) is 1. The predicted molar refractivity (Wildman–Crippen MR) is 85.3 cm³/mol. The molecule has 11 nitrogen and oxygen atoms in total. The maximum Gasteiger partial charge on any atom is 0.325 e. The van der Waals surface area contributed by atoms with Crippen molar-refractivity contribution in [1.82, 2.24) is 16.0 Å². The molecular formula is C14H24N4O7.